The number of carbonyl (C=O) groups is 1. The first-order valence-corrected chi connectivity index (χ1v) is 5.72. The van der Waals surface area contributed by atoms with Gasteiger partial charge in [0.2, 0.25) is 5.76 Å². The van der Waals surface area contributed by atoms with E-state index in [-0.39, 0.29) is 16.9 Å². The maximum Gasteiger partial charge on any atom is 0.372 e. The molecule has 0 amide bonds. The molecule has 0 radical (unpaired) electrons. The monoisotopic (exact) mass is 248 g/mol. The molecule has 0 bridgehead atoms. The lowest BCUT2D eigenvalue weighted by Gasteiger charge is -2.20. The molecule has 0 saturated carbocycles. The van der Waals surface area contributed by atoms with E-state index < -0.39 is 5.97 Å². The molecular formula is C14H16O4. The van der Waals surface area contributed by atoms with E-state index in [9.17, 15) is 9.90 Å². The summed E-state index contributed by atoms with van der Waals surface area (Å²) in [4.78, 5) is 11.0. The van der Waals surface area contributed by atoms with E-state index in [0.29, 0.717) is 16.5 Å². The zero-order valence-corrected chi connectivity index (χ0v) is 10.9. The van der Waals surface area contributed by atoms with Crippen LogP contribution in [-0.4, -0.2) is 16.2 Å². The Hall–Kier alpha value is -1.97. The summed E-state index contributed by atoms with van der Waals surface area (Å²) < 4.78 is 5.25. The summed E-state index contributed by atoms with van der Waals surface area (Å²) >= 11 is 0. The van der Waals surface area contributed by atoms with Gasteiger partial charge in [0.1, 0.15) is 11.3 Å². The molecule has 0 atom stereocenters. The summed E-state index contributed by atoms with van der Waals surface area (Å²) in [5.74, 6) is -1.14. The first-order valence-electron chi connectivity index (χ1n) is 5.72. The van der Waals surface area contributed by atoms with Crippen molar-refractivity contribution in [2.24, 2.45) is 0 Å². The highest BCUT2D eigenvalue weighted by Gasteiger charge is 2.24. The summed E-state index contributed by atoms with van der Waals surface area (Å²) in [6, 6.07) is 3.47. The van der Waals surface area contributed by atoms with Crippen molar-refractivity contribution < 1.29 is 19.4 Å². The van der Waals surface area contributed by atoms with E-state index in [4.69, 9.17) is 9.52 Å². The van der Waals surface area contributed by atoms with Gasteiger partial charge in [-0.25, -0.2) is 4.79 Å². The van der Waals surface area contributed by atoms with Crippen LogP contribution in [0.1, 0.15) is 42.5 Å². The van der Waals surface area contributed by atoms with E-state index in [1.165, 1.54) is 0 Å². The van der Waals surface area contributed by atoms with Gasteiger partial charge < -0.3 is 14.6 Å². The Kier molecular flexibility index (Phi) is 2.61. The van der Waals surface area contributed by atoms with Crippen molar-refractivity contribution in [3.8, 4) is 5.75 Å². The van der Waals surface area contributed by atoms with Gasteiger partial charge in [-0.05, 0) is 18.4 Å². The van der Waals surface area contributed by atoms with Crippen LogP contribution in [0.5, 0.6) is 5.75 Å². The maximum atomic E-state index is 11.0. The fourth-order valence-electron chi connectivity index (χ4n) is 2.13. The van der Waals surface area contributed by atoms with Crippen LogP contribution in [0.15, 0.2) is 16.5 Å². The van der Waals surface area contributed by atoms with Gasteiger partial charge in [-0.15, -0.1) is 0 Å². The summed E-state index contributed by atoms with van der Waals surface area (Å²) in [6.45, 7) is 7.60. The number of benzene rings is 1. The summed E-state index contributed by atoms with van der Waals surface area (Å²) in [5, 5.41) is 19.8. The Morgan fingerprint density at radius 3 is 2.39 bits per heavy atom. The van der Waals surface area contributed by atoms with Crippen LogP contribution in [0.25, 0.3) is 11.0 Å². The summed E-state index contributed by atoms with van der Waals surface area (Å²) in [6.07, 6.45) is 0. The molecule has 0 saturated heterocycles. The maximum absolute atomic E-state index is 11.0. The van der Waals surface area contributed by atoms with Gasteiger partial charge in [0.25, 0.3) is 0 Å². The van der Waals surface area contributed by atoms with Gasteiger partial charge in [-0.2, -0.15) is 0 Å². The van der Waals surface area contributed by atoms with Crippen molar-refractivity contribution in [3.63, 3.8) is 0 Å². The van der Waals surface area contributed by atoms with Crippen molar-refractivity contribution >= 4 is 16.9 Å². The number of fused-ring (bicyclic) bond motifs is 1. The number of furan rings is 1. The Morgan fingerprint density at radius 1 is 1.28 bits per heavy atom. The highest BCUT2D eigenvalue weighted by atomic mass is 16.4. The van der Waals surface area contributed by atoms with Crippen LogP contribution < -0.4 is 0 Å². The van der Waals surface area contributed by atoms with Gasteiger partial charge >= 0.3 is 5.97 Å². The number of carboxylic acids is 1. The zero-order valence-electron chi connectivity index (χ0n) is 10.9. The number of carboxylic acid groups (broad SMARTS) is 1. The number of phenolic OH excluding ortho intramolecular Hbond substituents is 1. The fourth-order valence-corrected chi connectivity index (χ4v) is 2.13. The molecule has 4 heteroatoms. The standard InChI is InChI=1S/C14H16O4/c1-7-10-9(18-12(7)13(16)17)6-5-8(11(10)15)14(2,3)4/h5-6,15H,1-4H3,(H,16,17). The highest BCUT2D eigenvalue weighted by Crippen LogP contribution is 2.39. The molecule has 1 aromatic heterocycles. The average Bonchev–Trinajstić information content (AvgIpc) is 2.55. The summed E-state index contributed by atoms with van der Waals surface area (Å²) in [7, 11) is 0. The van der Waals surface area contributed by atoms with Crippen molar-refractivity contribution in [3.05, 3.63) is 29.0 Å². The quantitative estimate of drug-likeness (QED) is 0.811. The van der Waals surface area contributed by atoms with E-state index in [1.807, 2.05) is 20.8 Å². The molecule has 0 unspecified atom stereocenters. The number of hydrogen-bond donors (Lipinski definition) is 2. The predicted molar refractivity (Wildman–Crippen MR) is 68.3 cm³/mol. The van der Waals surface area contributed by atoms with Gasteiger partial charge in [0.05, 0.1) is 5.39 Å². The zero-order chi connectivity index (χ0) is 13.7. The Bertz CT molecular complexity index is 629. The second kappa shape index (κ2) is 3.77. The molecule has 4 nitrogen and oxygen atoms in total. The molecule has 0 aliphatic carbocycles. The van der Waals surface area contributed by atoms with Crippen molar-refractivity contribution in [2.45, 2.75) is 33.1 Å². The minimum Gasteiger partial charge on any atom is -0.507 e. The molecular weight excluding hydrogens is 232 g/mol. The molecule has 0 aliphatic heterocycles. The Morgan fingerprint density at radius 2 is 1.89 bits per heavy atom. The van der Waals surface area contributed by atoms with Crippen molar-refractivity contribution in [1.82, 2.24) is 0 Å². The Labute approximate surface area is 105 Å². The lowest BCUT2D eigenvalue weighted by Crippen LogP contribution is -2.11. The molecule has 2 N–H and O–H groups in total. The molecule has 18 heavy (non-hydrogen) atoms. The van der Waals surface area contributed by atoms with Gasteiger partial charge in [0.15, 0.2) is 0 Å². The van der Waals surface area contributed by atoms with E-state index in [2.05, 4.69) is 0 Å². The van der Waals surface area contributed by atoms with Crippen LogP contribution in [-0.2, 0) is 5.41 Å². The number of phenols is 1. The first kappa shape index (κ1) is 12.5. The molecule has 0 aliphatic rings. The van der Waals surface area contributed by atoms with Crippen LogP contribution in [0.2, 0.25) is 0 Å². The minimum absolute atomic E-state index is 0.105. The third kappa shape index (κ3) is 1.74. The highest BCUT2D eigenvalue weighted by molar-refractivity contribution is 5.98. The second-order valence-corrected chi connectivity index (χ2v) is 5.45. The normalized spacial score (nSPS) is 12.0. The Balaban J connectivity index is 2.83. The number of aromatic hydroxyl groups is 1. The molecule has 96 valence electrons. The van der Waals surface area contributed by atoms with E-state index in [0.717, 1.165) is 5.56 Å². The molecule has 0 spiro atoms. The number of aryl methyl sites for hydroxylation is 1. The lowest BCUT2D eigenvalue weighted by atomic mass is 9.85. The largest absolute Gasteiger partial charge is 0.507 e. The van der Waals surface area contributed by atoms with E-state index in [1.54, 1.807) is 19.1 Å². The van der Waals surface area contributed by atoms with E-state index >= 15 is 0 Å². The number of rotatable bonds is 1. The van der Waals surface area contributed by atoms with Crippen LogP contribution in [0.4, 0.5) is 0 Å². The predicted octanol–water partition coefficient (Wildman–Crippen LogP) is 3.44. The number of aromatic carboxylic acids is 1. The third-order valence-electron chi connectivity index (χ3n) is 3.07. The SMILES string of the molecule is Cc1c(C(=O)O)oc2ccc(C(C)(C)C)c(O)c12. The van der Waals surface area contributed by atoms with Crippen LogP contribution in [0, 0.1) is 6.92 Å². The summed E-state index contributed by atoms with van der Waals surface area (Å²) in [5.41, 5.74) is 1.41. The van der Waals surface area contributed by atoms with Crippen molar-refractivity contribution in [2.75, 3.05) is 0 Å². The molecule has 0 fully saturated rings. The topological polar surface area (TPSA) is 70.7 Å². The fraction of sp³-hybridized carbons (Fsp3) is 0.357. The second-order valence-electron chi connectivity index (χ2n) is 5.45. The van der Waals surface area contributed by atoms with Gasteiger partial charge in [-0.3, -0.25) is 0 Å². The van der Waals surface area contributed by atoms with Crippen LogP contribution >= 0.6 is 0 Å². The first-order chi connectivity index (χ1) is 8.23. The smallest absolute Gasteiger partial charge is 0.372 e. The van der Waals surface area contributed by atoms with Crippen molar-refractivity contribution in [1.29, 1.82) is 0 Å². The van der Waals surface area contributed by atoms with Gasteiger partial charge in [0, 0.05) is 11.1 Å². The van der Waals surface area contributed by atoms with Crippen LogP contribution in [0.3, 0.4) is 0 Å². The van der Waals surface area contributed by atoms with Gasteiger partial charge in [-0.1, -0.05) is 26.8 Å². The molecule has 1 heterocycles. The minimum atomic E-state index is -1.12. The molecule has 1 aromatic carbocycles. The molecule has 2 rings (SSSR count). The average molecular weight is 248 g/mol. The third-order valence-corrected chi connectivity index (χ3v) is 3.07. The lowest BCUT2D eigenvalue weighted by molar-refractivity contribution is 0.0664. The number of hydrogen-bond acceptors (Lipinski definition) is 3. The molecule has 2 aromatic rings.